The topological polar surface area (TPSA) is 20.2 Å². The van der Waals surface area contributed by atoms with Gasteiger partial charge in [-0.15, -0.1) is 0 Å². The maximum absolute atomic E-state index is 13.2. The van der Waals surface area contributed by atoms with Crippen molar-refractivity contribution in [1.29, 1.82) is 0 Å². The molecule has 3 heteroatoms. The number of benzene rings is 1. The molecule has 1 fully saturated rings. The van der Waals surface area contributed by atoms with Gasteiger partial charge in [0.05, 0.1) is 10.6 Å². The van der Waals surface area contributed by atoms with Crippen LogP contribution in [0.5, 0.6) is 0 Å². The van der Waals surface area contributed by atoms with Crippen molar-refractivity contribution < 1.29 is 9.50 Å². The maximum Gasteiger partial charge on any atom is 0.137 e. The zero-order valence-corrected chi connectivity index (χ0v) is 12.5. The fourth-order valence-electron chi connectivity index (χ4n) is 3.03. The molecule has 1 nitrogen and oxygen atoms in total. The lowest BCUT2D eigenvalue weighted by molar-refractivity contribution is 0.00379. The first-order valence-corrected chi connectivity index (χ1v) is 7.34. The van der Waals surface area contributed by atoms with Gasteiger partial charge >= 0.3 is 0 Å². The molecular weight excluding hydrogens is 295 g/mol. The zero-order valence-electron chi connectivity index (χ0n) is 10.9. The van der Waals surface area contributed by atoms with Crippen molar-refractivity contribution in [3.05, 3.63) is 34.1 Å². The van der Waals surface area contributed by atoms with E-state index in [1.165, 1.54) is 18.9 Å². The summed E-state index contributed by atoms with van der Waals surface area (Å²) in [6.45, 7) is 4.44. The highest BCUT2D eigenvalue weighted by Crippen LogP contribution is 2.46. The number of hydrogen-bond acceptors (Lipinski definition) is 1. The summed E-state index contributed by atoms with van der Waals surface area (Å²) in [5.41, 5.74) is 0.960. The van der Waals surface area contributed by atoms with Crippen LogP contribution in [0.25, 0.3) is 0 Å². The normalized spacial score (nSPS) is 24.8. The van der Waals surface area contributed by atoms with Crippen molar-refractivity contribution >= 4 is 15.9 Å². The van der Waals surface area contributed by atoms with Gasteiger partial charge in [0.2, 0.25) is 0 Å². The molecule has 2 unspecified atom stereocenters. The highest BCUT2D eigenvalue weighted by atomic mass is 79.9. The Kier molecular flexibility index (Phi) is 4.12. The Hall–Kier alpha value is -0.410. The molecule has 100 valence electrons. The fourth-order valence-corrected chi connectivity index (χ4v) is 3.43. The summed E-state index contributed by atoms with van der Waals surface area (Å²) in [6, 6.07) is 4.80. The first-order valence-electron chi connectivity index (χ1n) is 6.55. The molecule has 0 aliphatic heterocycles. The van der Waals surface area contributed by atoms with Gasteiger partial charge in [-0.1, -0.05) is 32.8 Å². The molecule has 0 spiro atoms. The predicted molar refractivity (Wildman–Crippen MR) is 74.8 cm³/mol. The van der Waals surface area contributed by atoms with Crippen LogP contribution in [0.2, 0.25) is 0 Å². The standard InChI is InChI=1S/C15H20BrFO/c1-15(2)8-4-3-5-11(15)14(18)10-6-7-13(17)12(16)9-10/h6-7,9,11,14,18H,3-5,8H2,1-2H3. The van der Waals surface area contributed by atoms with Crippen molar-refractivity contribution in [2.75, 3.05) is 0 Å². The molecule has 18 heavy (non-hydrogen) atoms. The molecule has 0 radical (unpaired) electrons. The largest absolute Gasteiger partial charge is 0.388 e. The van der Waals surface area contributed by atoms with Gasteiger partial charge in [-0.25, -0.2) is 4.39 Å². The SMILES string of the molecule is CC1(C)CCCCC1C(O)c1ccc(F)c(Br)c1. The van der Waals surface area contributed by atoms with Crippen LogP contribution in [0.15, 0.2) is 22.7 Å². The minimum atomic E-state index is -0.503. The Bertz CT molecular complexity index is 431. The maximum atomic E-state index is 13.2. The third-order valence-electron chi connectivity index (χ3n) is 4.26. The minimum absolute atomic E-state index is 0.151. The molecule has 0 bridgehead atoms. The van der Waals surface area contributed by atoms with E-state index < -0.39 is 6.10 Å². The second-order valence-corrected chi connectivity index (χ2v) is 6.81. The predicted octanol–water partition coefficient (Wildman–Crippen LogP) is 4.84. The molecule has 2 rings (SSSR count). The van der Waals surface area contributed by atoms with Gasteiger partial charge in [0, 0.05) is 0 Å². The van der Waals surface area contributed by atoms with E-state index in [2.05, 4.69) is 29.8 Å². The van der Waals surface area contributed by atoms with Crippen molar-refractivity contribution in [2.45, 2.75) is 45.6 Å². The molecule has 0 amide bonds. The Morgan fingerprint density at radius 2 is 2.11 bits per heavy atom. The van der Waals surface area contributed by atoms with E-state index in [0.29, 0.717) is 4.47 Å². The van der Waals surface area contributed by atoms with Crippen molar-refractivity contribution in [3.63, 3.8) is 0 Å². The number of aliphatic hydroxyl groups excluding tert-OH is 1. The lowest BCUT2D eigenvalue weighted by Crippen LogP contribution is -2.32. The average Bonchev–Trinajstić information content (AvgIpc) is 2.31. The first-order chi connectivity index (χ1) is 8.42. The molecule has 0 saturated heterocycles. The lowest BCUT2D eigenvalue weighted by atomic mass is 9.65. The van der Waals surface area contributed by atoms with Crippen LogP contribution < -0.4 is 0 Å². The van der Waals surface area contributed by atoms with E-state index in [1.807, 2.05) is 0 Å². The Morgan fingerprint density at radius 1 is 1.39 bits per heavy atom. The second kappa shape index (κ2) is 5.30. The lowest BCUT2D eigenvalue weighted by Gasteiger charge is -2.41. The average molecular weight is 315 g/mol. The molecule has 1 N–H and O–H groups in total. The summed E-state index contributed by atoms with van der Waals surface area (Å²) in [5, 5.41) is 10.6. The van der Waals surface area contributed by atoms with Crippen LogP contribution in [0, 0.1) is 17.2 Å². The molecule has 0 aromatic heterocycles. The zero-order chi connectivity index (χ0) is 13.3. The van der Waals surface area contributed by atoms with Gasteiger partial charge in [0.1, 0.15) is 5.82 Å². The van der Waals surface area contributed by atoms with Gasteiger partial charge in [-0.05, 0) is 57.8 Å². The van der Waals surface area contributed by atoms with Gasteiger partial charge in [0.25, 0.3) is 0 Å². The van der Waals surface area contributed by atoms with Crippen LogP contribution in [0.1, 0.15) is 51.2 Å². The molecule has 2 atom stereocenters. The van der Waals surface area contributed by atoms with E-state index in [-0.39, 0.29) is 17.2 Å². The number of rotatable bonds is 2. The van der Waals surface area contributed by atoms with Gasteiger partial charge in [-0.3, -0.25) is 0 Å². The summed E-state index contributed by atoms with van der Waals surface area (Å²) >= 11 is 3.18. The van der Waals surface area contributed by atoms with E-state index in [0.717, 1.165) is 18.4 Å². The van der Waals surface area contributed by atoms with Crippen LogP contribution in [-0.4, -0.2) is 5.11 Å². The quantitative estimate of drug-likeness (QED) is 0.828. The summed E-state index contributed by atoms with van der Waals surface area (Å²) in [4.78, 5) is 0. The minimum Gasteiger partial charge on any atom is -0.388 e. The van der Waals surface area contributed by atoms with Crippen molar-refractivity contribution in [2.24, 2.45) is 11.3 Å². The molecule has 1 aromatic carbocycles. The highest BCUT2D eigenvalue weighted by Gasteiger charge is 2.37. The summed E-state index contributed by atoms with van der Waals surface area (Å²) in [7, 11) is 0. The van der Waals surface area contributed by atoms with Crippen LogP contribution in [0.3, 0.4) is 0 Å². The van der Waals surface area contributed by atoms with E-state index in [1.54, 1.807) is 12.1 Å². The smallest absolute Gasteiger partial charge is 0.137 e. The van der Waals surface area contributed by atoms with E-state index >= 15 is 0 Å². The second-order valence-electron chi connectivity index (χ2n) is 5.96. The third-order valence-corrected chi connectivity index (χ3v) is 4.86. The molecule has 0 heterocycles. The Labute approximate surface area is 117 Å². The number of hydrogen-bond donors (Lipinski definition) is 1. The Morgan fingerprint density at radius 3 is 2.72 bits per heavy atom. The van der Waals surface area contributed by atoms with E-state index in [4.69, 9.17) is 0 Å². The number of aliphatic hydroxyl groups is 1. The summed E-state index contributed by atoms with van der Waals surface area (Å²) < 4.78 is 13.7. The highest BCUT2D eigenvalue weighted by molar-refractivity contribution is 9.10. The van der Waals surface area contributed by atoms with Crippen LogP contribution in [0.4, 0.5) is 4.39 Å². The molecule has 1 saturated carbocycles. The fraction of sp³-hybridized carbons (Fsp3) is 0.600. The Balaban J connectivity index is 2.24. The summed E-state index contributed by atoms with van der Waals surface area (Å²) in [5.74, 6) is -0.0301. The van der Waals surface area contributed by atoms with Gasteiger partial charge in [-0.2, -0.15) is 0 Å². The van der Waals surface area contributed by atoms with Crippen molar-refractivity contribution in [1.82, 2.24) is 0 Å². The molecule has 1 aliphatic rings. The van der Waals surface area contributed by atoms with Gasteiger partial charge in [0.15, 0.2) is 0 Å². The molecular formula is C15H20BrFO. The number of halogens is 2. The van der Waals surface area contributed by atoms with Crippen LogP contribution in [-0.2, 0) is 0 Å². The third kappa shape index (κ3) is 2.77. The van der Waals surface area contributed by atoms with Crippen LogP contribution >= 0.6 is 15.9 Å². The van der Waals surface area contributed by atoms with Gasteiger partial charge < -0.3 is 5.11 Å². The molecule has 1 aromatic rings. The van der Waals surface area contributed by atoms with E-state index in [9.17, 15) is 9.50 Å². The van der Waals surface area contributed by atoms with Crippen molar-refractivity contribution in [3.8, 4) is 0 Å². The first kappa shape index (κ1) is 14.0. The monoisotopic (exact) mass is 314 g/mol. The summed E-state index contributed by atoms with van der Waals surface area (Å²) in [6.07, 6.45) is 4.11. The molecule has 1 aliphatic carbocycles.